The molecule has 0 amide bonds. The Morgan fingerprint density at radius 1 is 1.30 bits per heavy atom. The minimum atomic E-state index is 0.484. The van der Waals surface area contributed by atoms with E-state index in [4.69, 9.17) is 26.5 Å². The second kappa shape index (κ2) is 6.34. The first kappa shape index (κ1) is 16.6. The second-order valence-electron chi connectivity index (χ2n) is 4.92. The molecule has 0 saturated heterocycles. The number of rotatable bonds is 3. The summed E-state index contributed by atoms with van der Waals surface area (Å²) in [6, 6.07) is 5.41. The Morgan fingerprint density at radius 3 is 2.65 bits per heavy atom. The Bertz CT molecular complexity index is 909. The number of fused-ring (bicyclic) bond motifs is 1. The van der Waals surface area contributed by atoms with E-state index in [1.807, 2.05) is 13.0 Å². The summed E-state index contributed by atoms with van der Waals surface area (Å²) >= 11 is 13.2. The molecular weight excluding hydrogens is 447 g/mol. The van der Waals surface area contributed by atoms with E-state index in [2.05, 4.69) is 36.8 Å². The molecule has 0 aliphatic carbocycles. The maximum atomic E-state index is 6.19. The molecule has 120 valence electrons. The van der Waals surface area contributed by atoms with E-state index in [1.165, 1.54) is 0 Å². The lowest BCUT2D eigenvalue weighted by Crippen LogP contribution is -1.94. The molecular formula is C16H13Br2ClN2O2. The van der Waals surface area contributed by atoms with Crippen molar-refractivity contribution in [2.45, 2.75) is 13.3 Å². The van der Waals surface area contributed by atoms with Crippen molar-refractivity contribution in [2.24, 2.45) is 0 Å². The van der Waals surface area contributed by atoms with Gasteiger partial charge in [-0.15, -0.1) is 0 Å². The van der Waals surface area contributed by atoms with Crippen LogP contribution in [0.4, 0.5) is 5.69 Å². The molecule has 0 radical (unpaired) electrons. The Kier molecular flexibility index (Phi) is 4.58. The van der Waals surface area contributed by atoms with Gasteiger partial charge in [0.15, 0.2) is 5.58 Å². The molecule has 0 atom stereocenters. The Labute approximate surface area is 155 Å². The topological polar surface area (TPSA) is 61.3 Å². The van der Waals surface area contributed by atoms with Gasteiger partial charge in [-0.3, -0.25) is 0 Å². The van der Waals surface area contributed by atoms with E-state index in [1.54, 1.807) is 19.2 Å². The fourth-order valence-electron chi connectivity index (χ4n) is 2.40. The van der Waals surface area contributed by atoms with Crippen molar-refractivity contribution in [1.29, 1.82) is 0 Å². The van der Waals surface area contributed by atoms with E-state index in [0.717, 1.165) is 22.0 Å². The standard InChI is InChI=1S/C16H13Br2ClN2O2/c1-3-8-11(17)13(20)12(18)14-15(8)23-16(21-14)7-4-5-10(22-2)9(19)6-7/h4-6H,3,20H2,1-2H3. The highest BCUT2D eigenvalue weighted by Gasteiger charge is 2.20. The highest BCUT2D eigenvalue weighted by molar-refractivity contribution is 9.11. The number of halogens is 3. The number of aryl methyl sites for hydroxylation is 1. The predicted molar refractivity (Wildman–Crippen MR) is 100 cm³/mol. The van der Waals surface area contributed by atoms with Crippen molar-refractivity contribution in [3.8, 4) is 17.2 Å². The average molecular weight is 461 g/mol. The summed E-state index contributed by atoms with van der Waals surface area (Å²) in [5.74, 6) is 1.09. The zero-order valence-electron chi connectivity index (χ0n) is 12.4. The molecule has 0 aliphatic heterocycles. The molecule has 0 fully saturated rings. The first-order valence-electron chi connectivity index (χ1n) is 6.87. The van der Waals surface area contributed by atoms with Crippen molar-refractivity contribution in [3.05, 3.63) is 37.7 Å². The highest BCUT2D eigenvalue weighted by atomic mass is 79.9. The molecule has 3 rings (SSSR count). The van der Waals surface area contributed by atoms with Crippen LogP contribution in [0.15, 0.2) is 31.6 Å². The Balaban J connectivity index is 2.25. The molecule has 1 heterocycles. The predicted octanol–water partition coefficient (Wildman–Crippen LogP) is 5.83. The number of methoxy groups -OCH3 is 1. The highest BCUT2D eigenvalue weighted by Crippen LogP contribution is 2.41. The number of ether oxygens (including phenoxy) is 1. The fourth-order valence-corrected chi connectivity index (χ4v) is 4.05. The van der Waals surface area contributed by atoms with Crippen LogP contribution in [0.5, 0.6) is 5.75 Å². The maximum absolute atomic E-state index is 6.19. The summed E-state index contributed by atoms with van der Waals surface area (Å²) in [6.45, 7) is 2.04. The maximum Gasteiger partial charge on any atom is 0.227 e. The summed E-state index contributed by atoms with van der Waals surface area (Å²) in [4.78, 5) is 4.58. The zero-order chi connectivity index (χ0) is 16.7. The van der Waals surface area contributed by atoms with Crippen LogP contribution in [0.2, 0.25) is 5.02 Å². The van der Waals surface area contributed by atoms with E-state index in [0.29, 0.717) is 37.9 Å². The van der Waals surface area contributed by atoms with Gasteiger partial charge in [0.25, 0.3) is 0 Å². The summed E-state index contributed by atoms with van der Waals surface area (Å²) in [5.41, 5.74) is 9.90. The van der Waals surface area contributed by atoms with Crippen molar-refractivity contribution < 1.29 is 9.15 Å². The van der Waals surface area contributed by atoms with Gasteiger partial charge in [-0.1, -0.05) is 18.5 Å². The monoisotopic (exact) mass is 458 g/mol. The van der Waals surface area contributed by atoms with Crippen LogP contribution in [0.25, 0.3) is 22.6 Å². The third-order valence-corrected chi connectivity index (χ3v) is 5.60. The number of nitrogens with two attached hydrogens (primary N) is 1. The molecule has 7 heteroatoms. The van der Waals surface area contributed by atoms with Gasteiger partial charge in [0.05, 0.1) is 22.3 Å². The van der Waals surface area contributed by atoms with Crippen molar-refractivity contribution in [1.82, 2.24) is 4.98 Å². The van der Waals surface area contributed by atoms with Crippen LogP contribution in [-0.4, -0.2) is 12.1 Å². The smallest absolute Gasteiger partial charge is 0.227 e. The third kappa shape index (κ3) is 2.73. The molecule has 4 nitrogen and oxygen atoms in total. The number of oxazole rings is 1. The fraction of sp³-hybridized carbons (Fsp3) is 0.188. The van der Waals surface area contributed by atoms with Crippen LogP contribution in [0, 0.1) is 0 Å². The first-order valence-corrected chi connectivity index (χ1v) is 8.84. The molecule has 0 bridgehead atoms. The van der Waals surface area contributed by atoms with E-state index in [-0.39, 0.29) is 0 Å². The lowest BCUT2D eigenvalue weighted by Gasteiger charge is -2.07. The number of aromatic nitrogens is 1. The van der Waals surface area contributed by atoms with Crippen molar-refractivity contribution in [2.75, 3.05) is 12.8 Å². The number of nitrogens with zero attached hydrogens (tertiary/aromatic N) is 1. The van der Waals surface area contributed by atoms with Crippen LogP contribution in [-0.2, 0) is 6.42 Å². The molecule has 2 N–H and O–H groups in total. The quantitative estimate of drug-likeness (QED) is 0.500. The molecule has 1 aromatic heterocycles. The van der Waals surface area contributed by atoms with Gasteiger partial charge in [0.2, 0.25) is 5.89 Å². The summed E-state index contributed by atoms with van der Waals surface area (Å²) < 4.78 is 12.7. The number of benzene rings is 2. The Morgan fingerprint density at radius 2 is 2.04 bits per heavy atom. The van der Waals surface area contributed by atoms with Crippen LogP contribution >= 0.6 is 43.5 Å². The molecule has 0 spiro atoms. The van der Waals surface area contributed by atoms with E-state index < -0.39 is 0 Å². The number of hydrogen-bond acceptors (Lipinski definition) is 4. The van der Waals surface area contributed by atoms with Crippen LogP contribution in [0.1, 0.15) is 12.5 Å². The van der Waals surface area contributed by atoms with Gasteiger partial charge in [0.1, 0.15) is 11.3 Å². The lowest BCUT2D eigenvalue weighted by molar-refractivity contribution is 0.415. The molecule has 0 unspecified atom stereocenters. The van der Waals surface area contributed by atoms with E-state index >= 15 is 0 Å². The third-order valence-electron chi connectivity index (χ3n) is 3.60. The summed E-state index contributed by atoms with van der Waals surface area (Å²) in [5, 5.41) is 0.503. The van der Waals surface area contributed by atoms with Crippen molar-refractivity contribution in [3.63, 3.8) is 0 Å². The SMILES string of the molecule is CCc1c(Br)c(N)c(Br)c2nc(-c3ccc(OC)c(Cl)c3)oc12. The molecule has 0 saturated carbocycles. The normalized spacial score (nSPS) is 11.2. The number of hydrogen-bond donors (Lipinski definition) is 1. The Hall–Kier alpha value is -1.24. The zero-order valence-corrected chi connectivity index (χ0v) is 16.3. The lowest BCUT2D eigenvalue weighted by atomic mass is 10.1. The van der Waals surface area contributed by atoms with E-state index in [9.17, 15) is 0 Å². The molecule has 0 aliphatic rings. The van der Waals surface area contributed by atoms with Gasteiger partial charge in [-0.2, -0.15) is 0 Å². The summed E-state index contributed by atoms with van der Waals surface area (Å²) in [7, 11) is 1.57. The van der Waals surface area contributed by atoms with Gasteiger partial charge in [-0.25, -0.2) is 4.98 Å². The molecule has 3 aromatic rings. The summed E-state index contributed by atoms with van der Waals surface area (Å²) in [6.07, 6.45) is 0.770. The minimum Gasteiger partial charge on any atom is -0.495 e. The van der Waals surface area contributed by atoms with Crippen LogP contribution in [0.3, 0.4) is 0 Å². The van der Waals surface area contributed by atoms with Crippen LogP contribution < -0.4 is 10.5 Å². The van der Waals surface area contributed by atoms with Gasteiger partial charge < -0.3 is 14.9 Å². The minimum absolute atomic E-state index is 0.484. The van der Waals surface area contributed by atoms with Gasteiger partial charge >= 0.3 is 0 Å². The first-order chi connectivity index (χ1) is 11.0. The van der Waals surface area contributed by atoms with Gasteiger partial charge in [0, 0.05) is 15.6 Å². The molecule has 2 aromatic carbocycles. The van der Waals surface area contributed by atoms with Gasteiger partial charge in [-0.05, 0) is 56.5 Å². The van der Waals surface area contributed by atoms with Crippen molar-refractivity contribution >= 4 is 60.2 Å². The largest absolute Gasteiger partial charge is 0.495 e. The average Bonchev–Trinajstić information content (AvgIpc) is 2.98. The number of anilines is 1. The second-order valence-corrected chi connectivity index (χ2v) is 6.91. The molecule has 23 heavy (non-hydrogen) atoms. The number of nitrogen functional groups attached to an aromatic ring is 1.